The molecule has 1 rings (SSSR count). The van der Waals surface area contributed by atoms with Crippen molar-refractivity contribution in [3.05, 3.63) is 23.8 Å². The first-order valence-electron chi connectivity index (χ1n) is 8.40. The van der Waals surface area contributed by atoms with Gasteiger partial charge in [0.05, 0.1) is 13.3 Å². The molecule has 0 bridgehead atoms. The van der Waals surface area contributed by atoms with Crippen molar-refractivity contribution in [2.45, 2.75) is 58.0 Å². The summed E-state index contributed by atoms with van der Waals surface area (Å²) in [6, 6.07) is 4.98. The van der Waals surface area contributed by atoms with E-state index in [1.807, 2.05) is 13.8 Å². The molecule has 1 aromatic carbocycles. The Morgan fingerprint density at radius 3 is 2.46 bits per heavy atom. The van der Waals surface area contributed by atoms with Crippen LogP contribution >= 0.6 is 0 Å². The summed E-state index contributed by atoms with van der Waals surface area (Å²) in [5, 5.41) is 24.4. The second-order valence-corrected chi connectivity index (χ2v) is 5.84. The van der Waals surface area contributed by atoms with Gasteiger partial charge < -0.3 is 14.9 Å². The van der Waals surface area contributed by atoms with Crippen LogP contribution in [0.25, 0.3) is 0 Å². The number of phenols is 1. The third-order valence-electron chi connectivity index (χ3n) is 3.93. The maximum absolute atomic E-state index is 12.3. The van der Waals surface area contributed by atoms with Crippen molar-refractivity contribution in [1.82, 2.24) is 5.43 Å². The highest BCUT2D eigenvalue weighted by Crippen LogP contribution is 2.28. The lowest BCUT2D eigenvalue weighted by molar-refractivity contribution is -0.141. The molecule has 0 aliphatic rings. The number of carbonyl (C=O) groups excluding carboxylic acids is 1. The third-order valence-corrected chi connectivity index (χ3v) is 3.93. The van der Waals surface area contributed by atoms with E-state index < -0.39 is 11.5 Å². The molecule has 0 heterocycles. The van der Waals surface area contributed by atoms with Gasteiger partial charge in [-0.25, -0.2) is 5.43 Å². The zero-order chi connectivity index (χ0) is 18.0. The van der Waals surface area contributed by atoms with Crippen LogP contribution in [0.15, 0.2) is 23.3 Å². The number of amides is 1. The second-order valence-electron chi connectivity index (χ2n) is 5.84. The average molecular weight is 336 g/mol. The van der Waals surface area contributed by atoms with E-state index in [4.69, 9.17) is 4.74 Å². The second kappa shape index (κ2) is 9.93. The van der Waals surface area contributed by atoms with Crippen LogP contribution in [0.2, 0.25) is 0 Å². The summed E-state index contributed by atoms with van der Waals surface area (Å²) in [5.41, 5.74) is 1.40. The SMILES string of the molecule is CCCCC(O)(CCCC)C(=O)N/N=C/c1cccc(OC)c1O. The Balaban J connectivity index is 2.77. The molecule has 0 atom stereocenters. The van der Waals surface area contributed by atoms with Crippen molar-refractivity contribution in [3.63, 3.8) is 0 Å². The highest BCUT2D eigenvalue weighted by Gasteiger charge is 2.34. The normalized spacial score (nSPS) is 11.7. The molecule has 1 aromatic rings. The van der Waals surface area contributed by atoms with Gasteiger partial charge in [-0.1, -0.05) is 45.6 Å². The Kier molecular flexibility index (Phi) is 8.26. The minimum absolute atomic E-state index is 0.0507. The average Bonchev–Trinajstić information content (AvgIpc) is 2.59. The summed E-state index contributed by atoms with van der Waals surface area (Å²) in [6.07, 6.45) is 5.51. The van der Waals surface area contributed by atoms with Gasteiger partial charge in [-0.15, -0.1) is 0 Å². The number of rotatable bonds is 10. The van der Waals surface area contributed by atoms with Crippen LogP contribution in [-0.2, 0) is 4.79 Å². The number of phenolic OH excluding ortho intramolecular Hbond substituents is 1. The first kappa shape index (κ1) is 20.0. The van der Waals surface area contributed by atoms with Gasteiger partial charge >= 0.3 is 0 Å². The standard InChI is InChI=1S/C18H28N2O4/c1-4-6-11-18(23,12-7-5-2)17(22)20-19-13-14-9-8-10-15(24-3)16(14)21/h8-10,13,21,23H,4-7,11-12H2,1-3H3,(H,20,22)/b19-13+. The predicted molar refractivity (Wildman–Crippen MR) is 94.4 cm³/mol. The van der Waals surface area contributed by atoms with E-state index >= 15 is 0 Å². The van der Waals surface area contributed by atoms with Crippen LogP contribution in [0.4, 0.5) is 0 Å². The lowest BCUT2D eigenvalue weighted by Crippen LogP contribution is -2.45. The molecule has 0 saturated carbocycles. The number of hydrogen-bond acceptors (Lipinski definition) is 5. The summed E-state index contributed by atoms with van der Waals surface area (Å²) in [4.78, 5) is 12.3. The highest BCUT2D eigenvalue weighted by atomic mass is 16.5. The molecule has 1 amide bonds. The fourth-order valence-electron chi connectivity index (χ4n) is 2.36. The molecule has 0 radical (unpaired) electrons. The van der Waals surface area contributed by atoms with Crippen LogP contribution in [0.1, 0.15) is 57.9 Å². The fraction of sp³-hybridized carbons (Fsp3) is 0.556. The molecule has 3 N–H and O–H groups in total. The number of hydrazone groups is 1. The first-order chi connectivity index (χ1) is 11.5. The third kappa shape index (κ3) is 5.53. The molecule has 0 spiro atoms. The molecule has 0 saturated heterocycles. The molecule has 0 aliphatic heterocycles. The topological polar surface area (TPSA) is 91.2 Å². The van der Waals surface area contributed by atoms with Crippen molar-refractivity contribution in [2.24, 2.45) is 5.10 Å². The molecule has 0 aromatic heterocycles. The number of carbonyl (C=O) groups is 1. The molecule has 6 heteroatoms. The van der Waals surface area contributed by atoms with Crippen molar-refractivity contribution in [2.75, 3.05) is 7.11 Å². The maximum Gasteiger partial charge on any atom is 0.271 e. The zero-order valence-corrected chi connectivity index (χ0v) is 14.7. The molecule has 134 valence electrons. The van der Waals surface area contributed by atoms with Gasteiger partial charge in [0.25, 0.3) is 5.91 Å². The smallest absolute Gasteiger partial charge is 0.271 e. The van der Waals surface area contributed by atoms with Crippen molar-refractivity contribution in [1.29, 1.82) is 0 Å². The van der Waals surface area contributed by atoms with Gasteiger partial charge in [-0.05, 0) is 25.0 Å². The summed E-state index contributed by atoms with van der Waals surface area (Å²) in [7, 11) is 1.46. The van der Waals surface area contributed by atoms with Gasteiger partial charge in [0.2, 0.25) is 0 Å². The minimum atomic E-state index is -1.40. The number of para-hydroxylation sites is 1. The summed E-state index contributed by atoms with van der Waals surface area (Å²) in [6.45, 7) is 4.03. The van der Waals surface area contributed by atoms with E-state index in [1.165, 1.54) is 13.3 Å². The first-order valence-corrected chi connectivity index (χ1v) is 8.40. The van der Waals surface area contributed by atoms with Crippen molar-refractivity contribution >= 4 is 12.1 Å². The number of methoxy groups -OCH3 is 1. The van der Waals surface area contributed by atoms with E-state index in [0.29, 0.717) is 24.2 Å². The van der Waals surface area contributed by atoms with Crippen LogP contribution in [0.3, 0.4) is 0 Å². The van der Waals surface area contributed by atoms with E-state index in [0.717, 1.165) is 25.7 Å². The lowest BCUT2D eigenvalue weighted by atomic mass is 9.90. The van der Waals surface area contributed by atoms with Gasteiger partial charge in [0, 0.05) is 5.56 Å². The lowest BCUT2D eigenvalue weighted by Gasteiger charge is -2.25. The maximum atomic E-state index is 12.3. The van der Waals surface area contributed by atoms with Crippen LogP contribution in [0.5, 0.6) is 11.5 Å². The molecule has 0 fully saturated rings. The summed E-state index contributed by atoms with van der Waals surface area (Å²) >= 11 is 0. The number of nitrogens with one attached hydrogen (secondary N) is 1. The fourth-order valence-corrected chi connectivity index (χ4v) is 2.36. The number of ether oxygens (including phenoxy) is 1. The van der Waals surface area contributed by atoms with Crippen molar-refractivity contribution < 1.29 is 19.7 Å². The van der Waals surface area contributed by atoms with Crippen molar-refractivity contribution in [3.8, 4) is 11.5 Å². The molecule has 24 heavy (non-hydrogen) atoms. The Labute approximate surface area is 143 Å². The summed E-state index contributed by atoms with van der Waals surface area (Å²) < 4.78 is 5.02. The van der Waals surface area contributed by atoms with Crippen LogP contribution in [-0.4, -0.2) is 35.0 Å². The summed E-state index contributed by atoms with van der Waals surface area (Å²) in [5.74, 6) is -0.235. The number of unbranched alkanes of at least 4 members (excludes halogenated alkanes) is 2. The Bertz CT molecular complexity index is 550. The number of aromatic hydroxyl groups is 1. The molecule has 6 nitrogen and oxygen atoms in total. The van der Waals surface area contributed by atoms with Crippen LogP contribution < -0.4 is 10.2 Å². The van der Waals surface area contributed by atoms with E-state index in [9.17, 15) is 15.0 Å². The number of aliphatic hydroxyl groups is 1. The number of benzene rings is 1. The molecular formula is C18H28N2O4. The largest absolute Gasteiger partial charge is 0.504 e. The predicted octanol–water partition coefficient (Wildman–Crippen LogP) is 2.96. The Morgan fingerprint density at radius 1 is 1.29 bits per heavy atom. The van der Waals surface area contributed by atoms with E-state index in [-0.39, 0.29) is 5.75 Å². The highest BCUT2D eigenvalue weighted by molar-refractivity contribution is 5.88. The molecule has 0 unspecified atom stereocenters. The van der Waals surface area contributed by atoms with Gasteiger partial charge in [0.15, 0.2) is 11.5 Å². The molecular weight excluding hydrogens is 308 g/mol. The molecule has 0 aliphatic carbocycles. The minimum Gasteiger partial charge on any atom is -0.504 e. The van der Waals surface area contributed by atoms with E-state index in [2.05, 4.69) is 10.5 Å². The Hall–Kier alpha value is -2.08. The number of hydrogen-bond donors (Lipinski definition) is 3. The van der Waals surface area contributed by atoms with Gasteiger partial charge in [-0.3, -0.25) is 4.79 Å². The van der Waals surface area contributed by atoms with Gasteiger partial charge in [-0.2, -0.15) is 5.10 Å². The zero-order valence-electron chi connectivity index (χ0n) is 14.7. The number of nitrogens with zero attached hydrogens (tertiary/aromatic N) is 1. The van der Waals surface area contributed by atoms with Gasteiger partial charge in [0.1, 0.15) is 5.60 Å². The Morgan fingerprint density at radius 2 is 1.92 bits per heavy atom. The quantitative estimate of drug-likeness (QED) is 0.452. The van der Waals surface area contributed by atoms with Crippen LogP contribution in [0, 0.1) is 0 Å². The van der Waals surface area contributed by atoms with E-state index in [1.54, 1.807) is 18.2 Å². The monoisotopic (exact) mass is 336 g/mol.